The summed E-state index contributed by atoms with van der Waals surface area (Å²) in [6, 6.07) is 22.2. The number of alkyl halides is 3. The smallest absolute Gasteiger partial charge is 0.508 e. The summed E-state index contributed by atoms with van der Waals surface area (Å²) in [5.41, 5.74) is 3.23. The van der Waals surface area contributed by atoms with Crippen LogP contribution in [0, 0.1) is 27.7 Å². The highest BCUT2D eigenvalue weighted by atomic mass is 32.2. The highest BCUT2D eigenvalue weighted by Gasteiger charge is 2.48. The van der Waals surface area contributed by atoms with Crippen molar-refractivity contribution in [1.29, 1.82) is 0 Å². The number of rotatable bonds is 13. The first kappa shape index (κ1) is 45.6. The van der Waals surface area contributed by atoms with Crippen molar-refractivity contribution in [3.05, 3.63) is 129 Å². The van der Waals surface area contributed by atoms with Gasteiger partial charge in [-0.15, -0.1) is 0 Å². The first-order chi connectivity index (χ1) is 26.2. The fourth-order valence-corrected chi connectivity index (χ4v) is 7.94. The topological polar surface area (TPSA) is 110 Å². The first-order valence-electron chi connectivity index (χ1n) is 18.8. The zero-order chi connectivity index (χ0) is 42.2. The highest BCUT2D eigenvalue weighted by Crippen LogP contribution is 2.43. The van der Waals surface area contributed by atoms with Gasteiger partial charge in [0.15, 0.2) is 0 Å². The average Bonchev–Trinajstić information content (AvgIpc) is 3.13. The lowest BCUT2D eigenvalue weighted by atomic mass is 9.69. The monoisotopic (exact) mass is 796 g/mol. The van der Waals surface area contributed by atoms with Gasteiger partial charge in [-0.1, -0.05) is 82.3 Å². The Balaban J connectivity index is 0.000000300. The van der Waals surface area contributed by atoms with E-state index in [4.69, 9.17) is 4.74 Å². The molecule has 0 saturated heterocycles. The minimum atomic E-state index is -5.72. The summed E-state index contributed by atoms with van der Waals surface area (Å²) >= 11 is 0. The number of hydrogen-bond acceptors (Lipinski definition) is 7. The summed E-state index contributed by atoms with van der Waals surface area (Å²) in [7, 11) is -5.72. The zero-order valence-corrected chi connectivity index (χ0v) is 34.8. The van der Waals surface area contributed by atoms with Crippen LogP contribution >= 0.6 is 0 Å². The molecule has 0 radical (unpaired) electrons. The molecule has 0 spiro atoms. The van der Waals surface area contributed by atoms with Crippen LogP contribution in [0.15, 0.2) is 78.9 Å². The second kappa shape index (κ2) is 18.4. The average molecular weight is 797 g/mol. The van der Waals surface area contributed by atoms with Gasteiger partial charge in [-0.2, -0.15) is 21.6 Å². The Bertz CT molecular complexity index is 2150. The van der Waals surface area contributed by atoms with E-state index in [1.54, 1.807) is 44.2 Å². The summed E-state index contributed by atoms with van der Waals surface area (Å²) in [5.74, 6) is -0.151. The molecule has 0 aliphatic carbocycles. The lowest BCUT2D eigenvalue weighted by Gasteiger charge is -2.34. The molecule has 56 heavy (non-hydrogen) atoms. The highest BCUT2D eigenvalue weighted by molar-refractivity contribution is 7.88. The fraction of sp³-hybridized carbons (Fsp3) is 0.400. The van der Waals surface area contributed by atoms with Gasteiger partial charge in [-0.3, -0.25) is 0 Å². The summed E-state index contributed by atoms with van der Waals surface area (Å²) in [6.45, 7) is 19.9. The third kappa shape index (κ3) is 9.78. The van der Waals surface area contributed by atoms with Gasteiger partial charge in [-0.25, -0.2) is 4.79 Å². The Kier molecular flexibility index (Phi) is 15.0. The maximum atomic E-state index is 12.6. The fourth-order valence-electron chi connectivity index (χ4n) is 7.42. The van der Waals surface area contributed by atoms with Gasteiger partial charge in [0.25, 0.3) is 0 Å². The van der Waals surface area contributed by atoms with Gasteiger partial charge in [0.2, 0.25) is 0 Å². The third-order valence-electron chi connectivity index (χ3n) is 10.9. The van der Waals surface area contributed by atoms with Crippen molar-refractivity contribution < 1.29 is 45.5 Å². The van der Waals surface area contributed by atoms with Gasteiger partial charge in [-0.05, 0) is 141 Å². The molecule has 0 aromatic heterocycles. The molecule has 2 N–H and O–H groups in total. The number of benzene rings is 4. The minimum absolute atomic E-state index is 0.111. The maximum absolute atomic E-state index is 12.6. The summed E-state index contributed by atoms with van der Waals surface area (Å²) in [4.78, 5) is 11.8. The quantitative estimate of drug-likeness (QED) is 0.0600. The number of hydrogen-bond donors (Lipinski definition) is 2. The SMILES string of the molecule is CCC(CC)(c1ccc(O)c(C)c1)c1ccc(OS(=O)(=O)C(F)(F)F)c(C)c1.CCOC(=O)C=C(C)c1ccc(C(CC)(CC)c2ccc(O)c(C)c2)cc1C. The molecule has 0 aliphatic heterocycles. The molecule has 4 aromatic carbocycles. The second-order valence-electron chi connectivity index (χ2n) is 14.2. The van der Waals surface area contributed by atoms with E-state index >= 15 is 0 Å². The van der Waals surface area contributed by atoms with Crippen LogP contribution in [-0.4, -0.2) is 36.7 Å². The lowest BCUT2D eigenvalue weighted by molar-refractivity contribution is -0.137. The molecule has 11 heteroatoms. The van der Waals surface area contributed by atoms with Crippen molar-refractivity contribution in [2.24, 2.45) is 0 Å². The molecule has 0 saturated carbocycles. The molecule has 0 fully saturated rings. The van der Waals surface area contributed by atoms with Crippen LogP contribution in [0.25, 0.3) is 5.57 Å². The standard InChI is InChI=1S/C25H32O3.C20H23F3O4S/c1-7-25(8-2,21-11-13-23(26)19(6)15-21)20-10-12-22(17(4)14-20)18(5)16-24(27)28-9-3;1-5-19(6-2,15-7-9-17(24)13(3)11-15)16-8-10-18(14(4)12-16)27-28(25,26)20(21,22)23/h10-16,26H,7-9H2,1-6H3;7-12,24H,5-6H2,1-4H3. The first-order valence-corrected chi connectivity index (χ1v) is 20.3. The number of phenols is 2. The van der Waals surface area contributed by atoms with Crippen molar-refractivity contribution in [1.82, 2.24) is 0 Å². The van der Waals surface area contributed by atoms with E-state index in [1.807, 2.05) is 45.9 Å². The molecule has 0 unspecified atom stereocenters. The summed E-state index contributed by atoms with van der Waals surface area (Å²) in [5, 5.41) is 19.7. The van der Waals surface area contributed by atoms with Gasteiger partial charge >= 0.3 is 21.6 Å². The normalized spacial score (nSPS) is 12.5. The number of esters is 1. The Morgan fingerprint density at radius 2 is 1.04 bits per heavy atom. The van der Waals surface area contributed by atoms with Crippen LogP contribution in [0.4, 0.5) is 13.2 Å². The van der Waals surface area contributed by atoms with E-state index in [1.165, 1.54) is 24.1 Å². The molecule has 4 rings (SSSR count). The molecule has 0 heterocycles. The van der Waals surface area contributed by atoms with Crippen molar-refractivity contribution in [3.63, 3.8) is 0 Å². The number of aromatic hydroxyl groups is 2. The summed E-state index contributed by atoms with van der Waals surface area (Å²) in [6.07, 6.45) is 4.89. The van der Waals surface area contributed by atoms with Gasteiger partial charge < -0.3 is 19.1 Å². The molecule has 4 aromatic rings. The molecule has 0 bridgehead atoms. The molecule has 0 aliphatic rings. The van der Waals surface area contributed by atoms with E-state index in [-0.39, 0.29) is 28.4 Å². The van der Waals surface area contributed by atoms with Crippen LogP contribution < -0.4 is 4.18 Å². The van der Waals surface area contributed by atoms with Crippen LogP contribution in [0.3, 0.4) is 0 Å². The van der Waals surface area contributed by atoms with Crippen LogP contribution in [-0.2, 0) is 30.5 Å². The Hall–Kier alpha value is -4.77. The molecule has 304 valence electrons. The van der Waals surface area contributed by atoms with Crippen molar-refractivity contribution in [3.8, 4) is 17.2 Å². The molecule has 0 amide bonds. The number of phenolic OH excluding ortho intramolecular Hbond substituents is 2. The lowest BCUT2D eigenvalue weighted by Crippen LogP contribution is -2.29. The van der Waals surface area contributed by atoms with Crippen LogP contribution in [0.2, 0.25) is 0 Å². The Morgan fingerprint density at radius 1 is 0.643 bits per heavy atom. The number of ether oxygens (including phenoxy) is 1. The predicted molar refractivity (Wildman–Crippen MR) is 217 cm³/mol. The Morgan fingerprint density at radius 3 is 1.39 bits per heavy atom. The third-order valence-corrected chi connectivity index (χ3v) is 11.9. The van der Waals surface area contributed by atoms with E-state index < -0.39 is 21.0 Å². The van der Waals surface area contributed by atoms with Gasteiger partial charge in [0.05, 0.1) is 6.61 Å². The van der Waals surface area contributed by atoms with Crippen LogP contribution in [0.5, 0.6) is 17.2 Å². The van der Waals surface area contributed by atoms with E-state index in [0.29, 0.717) is 25.2 Å². The number of halogens is 3. The van der Waals surface area contributed by atoms with Crippen molar-refractivity contribution >= 4 is 21.7 Å². The summed E-state index contributed by atoms with van der Waals surface area (Å²) < 4.78 is 69.7. The van der Waals surface area contributed by atoms with E-state index in [9.17, 15) is 36.6 Å². The molecule has 7 nitrogen and oxygen atoms in total. The van der Waals surface area contributed by atoms with Gasteiger partial charge in [0.1, 0.15) is 17.2 Å². The number of aryl methyl sites for hydroxylation is 4. The predicted octanol–water partition coefficient (Wildman–Crippen LogP) is 11.4. The Labute approximate surface area is 330 Å². The second-order valence-corrected chi connectivity index (χ2v) is 15.7. The molecular formula is C45H55F3O7S. The maximum Gasteiger partial charge on any atom is 0.534 e. The largest absolute Gasteiger partial charge is 0.534 e. The van der Waals surface area contributed by atoms with E-state index in [0.717, 1.165) is 51.8 Å². The number of carbonyl (C=O) groups excluding carboxylic acids is 1. The van der Waals surface area contributed by atoms with Crippen molar-refractivity contribution in [2.75, 3.05) is 6.61 Å². The van der Waals surface area contributed by atoms with E-state index in [2.05, 4.69) is 49.2 Å². The molecular weight excluding hydrogens is 742 g/mol. The zero-order valence-electron chi connectivity index (χ0n) is 34.0. The number of carbonyl (C=O) groups is 1. The van der Waals surface area contributed by atoms with Crippen molar-refractivity contribution in [2.45, 2.75) is 111 Å². The van der Waals surface area contributed by atoms with Crippen LogP contribution in [0.1, 0.15) is 117 Å². The molecule has 0 atom stereocenters. The minimum Gasteiger partial charge on any atom is -0.508 e. The van der Waals surface area contributed by atoms with Gasteiger partial charge in [0, 0.05) is 16.9 Å². The number of allylic oxidation sites excluding steroid dienone is 1.